The minimum atomic E-state index is -0.336. The number of nitrogens with zero attached hydrogens (tertiary/aromatic N) is 2. The average Bonchev–Trinajstić information content (AvgIpc) is 3.26. The third-order valence-corrected chi connectivity index (χ3v) is 5.74. The van der Waals surface area contributed by atoms with Gasteiger partial charge in [-0.15, -0.1) is 0 Å². The van der Waals surface area contributed by atoms with E-state index in [-0.39, 0.29) is 11.1 Å². The molecular weight excluding hydrogens is 368 g/mol. The van der Waals surface area contributed by atoms with Gasteiger partial charge in [-0.1, -0.05) is 35.9 Å². The molecule has 2 aliphatic heterocycles. The Morgan fingerprint density at radius 3 is 2.35 bits per heavy atom. The minimum absolute atomic E-state index is 0.331. The van der Waals surface area contributed by atoms with E-state index in [4.69, 9.17) is 11.6 Å². The number of halogens is 1. The number of hydrogen-bond donors (Lipinski definition) is 0. The van der Waals surface area contributed by atoms with Crippen LogP contribution < -0.4 is 9.80 Å². The highest BCUT2D eigenvalue weighted by Gasteiger charge is 2.37. The number of rotatable bonds is 3. The maximum atomic E-state index is 12.7. The third kappa shape index (κ3) is 3.24. The van der Waals surface area contributed by atoms with E-state index in [0.29, 0.717) is 15.6 Å². The van der Waals surface area contributed by atoms with Crippen molar-refractivity contribution in [2.75, 3.05) is 22.9 Å². The second-order valence-electron chi connectivity index (χ2n) is 6.25. The number of para-hydroxylation sites is 1. The molecule has 2 heterocycles. The maximum absolute atomic E-state index is 12.7. The van der Waals surface area contributed by atoms with Crippen molar-refractivity contribution < 1.29 is 9.59 Å². The molecule has 2 aliphatic rings. The Hall–Kier alpha value is -2.24. The van der Waals surface area contributed by atoms with E-state index in [2.05, 4.69) is 17.0 Å². The van der Waals surface area contributed by atoms with Crippen LogP contribution in [0.3, 0.4) is 0 Å². The first-order chi connectivity index (χ1) is 12.6. The summed E-state index contributed by atoms with van der Waals surface area (Å²) in [7, 11) is 0. The molecule has 0 saturated carbocycles. The topological polar surface area (TPSA) is 40.6 Å². The molecule has 4 nitrogen and oxygen atoms in total. The number of anilines is 2. The van der Waals surface area contributed by atoms with Crippen LogP contribution in [-0.2, 0) is 4.79 Å². The molecule has 4 rings (SSSR count). The first-order valence-corrected chi connectivity index (χ1v) is 9.70. The normalized spacial score (nSPS) is 19.0. The van der Waals surface area contributed by atoms with Gasteiger partial charge in [-0.3, -0.25) is 9.59 Å². The highest BCUT2D eigenvalue weighted by molar-refractivity contribution is 8.19. The zero-order valence-corrected chi connectivity index (χ0v) is 15.6. The van der Waals surface area contributed by atoms with Gasteiger partial charge < -0.3 is 4.90 Å². The zero-order valence-electron chi connectivity index (χ0n) is 14.0. The van der Waals surface area contributed by atoms with Crippen molar-refractivity contribution in [3.05, 3.63) is 64.0 Å². The van der Waals surface area contributed by atoms with E-state index in [1.54, 1.807) is 30.3 Å². The molecule has 2 amide bonds. The van der Waals surface area contributed by atoms with Crippen LogP contribution in [0.5, 0.6) is 0 Å². The van der Waals surface area contributed by atoms with Crippen molar-refractivity contribution >= 4 is 52.0 Å². The van der Waals surface area contributed by atoms with E-state index in [1.165, 1.54) is 18.5 Å². The van der Waals surface area contributed by atoms with Gasteiger partial charge in [-0.05, 0) is 60.5 Å². The Balaban J connectivity index is 1.57. The zero-order chi connectivity index (χ0) is 18.1. The van der Waals surface area contributed by atoms with Crippen molar-refractivity contribution in [3.63, 3.8) is 0 Å². The molecule has 0 N–H and O–H groups in total. The molecule has 0 aromatic heterocycles. The van der Waals surface area contributed by atoms with E-state index in [1.807, 2.05) is 12.1 Å². The summed E-state index contributed by atoms with van der Waals surface area (Å²) in [5, 5.41) is 0.0500. The van der Waals surface area contributed by atoms with Gasteiger partial charge in [0.15, 0.2) is 0 Å². The molecule has 0 atom stereocenters. The number of thioether (sulfide) groups is 1. The lowest BCUT2D eigenvalue weighted by Crippen LogP contribution is -2.27. The minimum Gasteiger partial charge on any atom is -0.372 e. The summed E-state index contributed by atoms with van der Waals surface area (Å²) in [6.45, 7) is 2.19. The molecular formula is C20H17ClN2O2S. The summed E-state index contributed by atoms with van der Waals surface area (Å²) in [6.07, 6.45) is 4.23. The van der Waals surface area contributed by atoms with E-state index in [0.717, 1.165) is 35.3 Å². The van der Waals surface area contributed by atoms with E-state index < -0.39 is 0 Å². The van der Waals surface area contributed by atoms with Gasteiger partial charge in [0.25, 0.3) is 11.1 Å². The Morgan fingerprint density at radius 2 is 1.65 bits per heavy atom. The fourth-order valence-corrected chi connectivity index (χ4v) is 4.27. The third-order valence-electron chi connectivity index (χ3n) is 4.55. The smallest absolute Gasteiger partial charge is 0.298 e. The molecule has 26 heavy (non-hydrogen) atoms. The van der Waals surface area contributed by atoms with Crippen LogP contribution in [0.15, 0.2) is 53.4 Å². The van der Waals surface area contributed by atoms with Crippen LogP contribution in [-0.4, -0.2) is 24.2 Å². The van der Waals surface area contributed by atoms with Crippen molar-refractivity contribution in [1.82, 2.24) is 0 Å². The van der Waals surface area contributed by atoms with Gasteiger partial charge in [0.1, 0.15) is 0 Å². The first-order valence-electron chi connectivity index (χ1n) is 8.51. The number of carbonyl (C=O) groups excluding carboxylic acids is 2. The lowest BCUT2D eigenvalue weighted by atomic mass is 10.1. The molecule has 0 radical (unpaired) electrons. The van der Waals surface area contributed by atoms with Crippen LogP contribution in [0.1, 0.15) is 18.4 Å². The molecule has 0 aliphatic carbocycles. The lowest BCUT2D eigenvalue weighted by Gasteiger charge is -2.17. The van der Waals surface area contributed by atoms with Gasteiger partial charge >= 0.3 is 0 Å². The quantitative estimate of drug-likeness (QED) is 0.683. The van der Waals surface area contributed by atoms with Gasteiger partial charge in [0.2, 0.25) is 0 Å². The summed E-state index contributed by atoms with van der Waals surface area (Å²) in [6, 6.07) is 15.0. The van der Waals surface area contributed by atoms with E-state index >= 15 is 0 Å². The van der Waals surface area contributed by atoms with Crippen LogP contribution in [0, 0.1) is 0 Å². The molecule has 0 bridgehead atoms. The van der Waals surface area contributed by atoms with Crippen molar-refractivity contribution in [1.29, 1.82) is 0 Å². The fraction of sp³-hybridized carbons (Fsp3) is 0.200. The summed E-state index contributed by atoms with van der Waals surface area (Å²) in [5.41, 5.74) is 2.52. The standard InChI is InChI=1S/C20H17ClN2O2S/c21-16-5-1-2-6-17(16)23-19(24)18(26-20(23)25)13-14-7-9-15(10-8-14)22-11-3-4-12-22/h1-2,5-10,13H,3-4,11-12H2/b18-13-. The van der Waals surface area contributed by atoms with Gasteiger partial charge in [-0.25, -0.2) is 4.90 Å². The highest BCUT2D eigenvalue weighted by Crippen LogP contribution is 2.38. The lowest BCUT2D eigenvalue weighted by molar-refractivity contribution is -0.113. The van der Waals surface area contributed by atoms with Crippen LogP contribution in [0.4, 0.5) is 16.2 Å². The number of hydrogen-bond acceptors (Lipinski definition) is 4. The van der Waals surface area contributed by atoms with Gasteiger partial charge in [0, 0.05) is 18.8 Å². The Bertz CT molecular complexity index is 889. The summed E-state index contributed by atoms with van der Waals surface area (Å²) >= 11 is 7.08. The SMILES string of the molecule is O=C1S/C(=C\c2ccc(N3CCCC3)cc2)C(=O)N1c1ccccc1Cl. The Morgan fingerprint density at radius 1 is 0.962 bits per heavy atom. The maximum Gasteiger partial charge on any atom is 0.298 e. The fourth-order valence-electron chi connectivity index (χ4n) is 3.22. The predicted molar refractivity (Wildman–Crippen MR) is 108 cm³/mol. The molecule has 6 heteroatoms. The highest BCUT2D eigenvalue weighted by atomic mass is 35.5. The monoisotopic (exact) mass is 384 g/mol. The number of imide groups is 1. The Labute approximate surface area is 161 Å². The molecule has 0 unspecified atom stereocenters. The van der Waals surface area contributed by atoms with Gasteiger partial charge in [-0.2, -0.15) is 0 Å². The first kappa shape index (κ1) is 17.2. The number of carbonyl (C=O) groups is 2. The second kappa shape index (κ2) is 7.17. The molecule has 2 saturated heterocycles. The summed E-state index contributed by atoms with van der Waals surface area (Å²) < 4.78 is 0. The van der Waals surface area contributed by atoms with Crippen LogP contribution >= 0.6 is 23.4 Å². The average molecular weight is 385 g/mol. The van der Waals surface area contributed by atoms with Crippen molar-refractivity contribution in [2.24, 2.45) is 0 Å². The van der Waals surface area contributed by atoms with Crippen LogP contribution in [0.2, 0.25) is 5.02 Å². The van der Waals surface area contributed by atoms with Crippen molar-refractivity contribution in [2.45, 2.75) is 12.8 Å². The van der Waals surface area contributed by atoms with Gasteiger partial charge in [0.05, 0.1) is 15.6 Å². The molecule has 2 fully saturated rings. The van der Waals surface area contributed by atoms with Crippen LogP contribution in [0.25, 0.3) is 6.08 Å². The summed E-state index contributed by atoms with van der Waals surface area (Å²) in [4.78, 5) is 28.9. The van der Waals surface area contributed by atoms with Crippen molar-refractivity contribution in [3.8, 4) is 0 Å². The number of benzene rings is 2. The number of amides is 2. The molecule has 2 aromatic rings. The molecule has 132 valence electrons. The molecule has 2 aromatic carbocycles. The summed E-state index contributed by atoms with van der Waals surface area (Å²) in [5.74, 6) is -0.336. The largest absolute Gasteiger partial charge is 0.372 e. The Kier molecular flexibility index (Phi) is 4.74. The second-order valence-corrected chi connectivity index (χ2v) is 7.65. The van der Waals surface area contributed by atoms with E-state index in [9.17, 15) is 9.59 Å². The molecule has 0 spiro atoms. The predicted octanol–water partition coefficient (Wildman–Crippen LogP) is 5.18.